The molecule has 1 unspecified atom stereocenters. The fourth-order valence-electron chi connectivity index (χ4n) is 2.31. The third-order valence-electron chi connectivity index (χ3n) is 4.00. The minimum absolute atomic E-state index is 0.441. The summed E-state index contributed by atoms with van der Waals surface area (Å²) >= 11 is 0. The predicted molar refractivity (Wildman–Crippen MR) is 96.3 cm³/mol. The number of guanidine groups is 1. The summed E-state index contributed by atoms with van der Waals surface area (Å²) in [6, 6.07) is 11.0. The number of rotatable bonds is 8. The minimum atomic E-state index is 0.441. The summed E-state index contributed by atoms with van der Waals surface area (Å²) in [7, 11) is 6.12. The van der Waals surface area contributed by atoms with E-state index < -0.39 is 0 Å². The topological polar surface area (TPSA) is 30.9 Å². The molecule has 0 heterocycles. The van der Waals surface area contributed by atoms with Crippen LogP contribution in [0.15, 0.2) is 35.3 Å². The number of hydrogen-bond acceptors (Lipinski definition) is 2. The Kier molecular flexibility index (Phi) is 8.60. The number of unbranched alkanes of at least 4 members (excludes halogenated alkanes) is 1. The van der Waals surface area contributed by atoms with Gasteiger partial charge >= 0.3 is 0 Å². The van der Waals surface area contributed by atoms with Crippen molar-refractivity contribution in [3.63, 3.8) is 0 Å². The molecule has 4 heteroatoms. The summed E-state index contributed by atoms with van der Waals surface area (Å²) in [4.78, 5) is 8.93. The molecule has 0 aromatic heterocycles. The summed E-state index contributed by atoms with van der Waals surface area (Å²) < 4.78 is 0. The van der Waals surface area contributed by atoms with Crippen molar-refractivity contribution in [2.75, 3.05) is 34.2 Å². The predicted octanol–water partition coefficient (Wildman–Crippen LogP) is 2.81. The maximum atomic E-state index is 4.37. The third-order valence-corrected chi connectivity index (χ3v) is 4.00. The largest absolute Gasteiger partial charge is 0.355 e. The van der Waals surface area contributed by atoms with Gasteiger partial charge in [0.25, 0.3) is 0 Å². The Bertz CT molecular complexity index is 430. The Labute approximate surface area is 136 Å². The zero-order chi connectivity index (χ0) is 16.4. The molecule has 1 atom stereocenters. The van der Waals surface area contributed by atoms with Gasteiger partial charge in [0.1, 0.15) is 0 Å². The Morgan fingerprint density at radius 1 is 1.23 bits per heavy atom. The van der Waals surface area contributed by atoms with Gasteiger partial charge in [0.2, 0.25) is 0 Å². The highest BCUT2D eigenvalue weighted by molar-refractivity contribution is 5.79. The number of likely N-dealkylation sites (N-methyl/N-ethyl adjacent to an activating group) is 1. The zero-order valence-electron chi connectivity index (χ0n) is 14.8. The molecule has 0 amide bonds. The van der Waals surface area contributed by atoms with Gasteiger partial charge in [0.15, 0.2) is 5.96 Å². The fraction of sp³-hybridized carbons (Fsp3) is 0.611. The SMILES string of the molecule is CCCCN(C)C(=NC)NCC(C)N(C)Cc1ccccc1. The Morgan fingerprint density at radius 3 is 2.50 bits per heavy atom. The van der Waals surface area contributed by atoms with E-state index in [0.717, 1.165) is 25.6 Å². The standard InChI is InChI=1S/C18H32N4/c1-6-7-13-21(4)18(19-3)20-14-16(2)22(5)15-17-11-9-8-10-12-17/h8-12,16H,6-7,13-15H2,1-5H3,(H,19,20). The molecular formula is C18H32N4. The lowest BCUT2D eigenvalue weighted by atomic mass is 10.2. The van der Waals surface area contributed by atoms with E-state index in [9.17, 15) is 0 Å². The molecular weight excluding hydrogens is 272 g/mol. The van der Waals surface area contributed by atoms with E-state index in [0.29, 0.717) is 6.04 Å². The van der Waals surface area contributed by atoms with Crippen molar-refractivity contribution in [3.05, 3.63) is 35.9 Å². The zero-order valence-corrected chi connectivity index (χ0v) is 14.8. The summed E-state index contributed by atoms with van der Waals surface area (Å²) in [6.07, 6.45) is 2.40. The number of benzene rings is 1. The van der Waals surface area contributed by atoms with Crippen LogP contribution in [-0.2, 0) is 6.54 Å². The Hall–Kier alpha value is -1.55. The van der Waals surface area contributed by atoms with Gasteiger partial charge in [-0.25, -0.2) is 0 Å². The summed E-state index contributed by atoms with van der Waals surface area (Å²) in [5.41, 5.74) is 1.35. The van der Waals surface area contributed by atoms with E-state index in [4.69, 9.17) is 0 Å². The Morgan fingerprint density at radius 2 is 1.91 bits per heavy atom. The average Bonchev–Trinajstić information content (AvgIpc) is 2.54. The molecule has 0 bridgehead atoms. The van der Waals surface area contributed by atoms with E-state index >= 15 is 0 Å². The maximum Gasteiger partial charge on any atom is 0.193 e. The highest BCUT2D eigenvalue weighted by Crippen LogP contribution is 2.05. The average molecular weight is 304 g/mol. The molecule has 0 radical (unpaired) electrons. The van der Waals surface area contributed by atoms with Crippen LogP contribution in [0.4, 0.5) is 0 Å². The molecule has 0 saturated heterocycles. The van der Waals surface area contributed by atoms with Crippen molar-refractivity contribution < 1.29 is 0 Å². The first-order valence-electron chi connectivity index (χ1n) is 8.24. The number of aliphatic imine (C=N–C) groups is 1. The van der Waals surface area contributed by atoms with E-state index in [2.05, 4.69) is 78.4 Å². The highest BCUT2D eigenvalue weighted by atomic mass is 15.3. The normalized spacial score (nSPS) is 13.3. The first-order chi connectivity index (χ1) is 10.6. The van der Waals surface area contributed by atoms with Crippen molar-refractivity contribution in [1.82, 2.24) is 15.1 Å². The number of hydrogen-bond donors (Lipinski definition) is 1. The lowest BCUT2D eigenvalue weighted by Crippen LogP contribution is -2.45. The van der Waals surface area contributed by atoms with Gasteiger partial charge < -0.3 is 10.2 Å². The van der Waals surface area contributed by atoms with E-state index in [-0.39, 0.29) is 0 Å². The molecule has 1 rings (SSSR count). The minimum Gasteiger partial charge on any atom is -0.355 e. The van der Waals surface area contributed by atoms with Crippen LogP contribution >= 0.6 is 0 Å². The van der Waals surface area contributed by atoms with Crippen molar-refractivity contribution in [2.45, 2.75) is 39.3 Å². The molecule has 22 heavy (non-hydrogen) atoms. The van der Waals surface area contributed by atoms with Gasteiger partial charge in [-0.15, -0.1) is 0 Å². The second-order valence-electron chi connectivity index (χ2n) is 5.95. The summed E-state index contributed by atoms with van der Waals surface area (Å²) in [6.45, 7) is 7.37. The van der Waals surface area contributed by atoms with Gasteiger partial charge in [0, 0.05) is 39.8 Å². The second kappa shape index (κ2) is 10.2. The van der Waals surface area contributed by atoms with Crippen molar-refractivity contribution in [3.8, 4) is 0 Å². The van der Waals surface area contributed by atoms with E-state index in [1.165, 1.54) is 18.4 Å². The van der Waals surface area contributed by atoms with Crippen LogP contribution in [-0.4, -0.2) is 56.0 Å². The quantitative estimate of drug-likeness (QED) is 0.592. The molecule has 0 fully saturated rings. The van der Waals surface area contributed by atoms with Gasteiger partial charge in [-0.05, 0) is 26.0 Å². The van der Waals surface area contributed by atoms with Gasteiger partial charge in [-0.1, -0.05) is 43.7 Å². The molecule has 1 aromatic rings. The highest BCUT2D eigenvalue weighted by Gasteiger charge is 2.12. The number of nitrogens with one attached hydrogen (secondary N) is 1. The van der Waals surface area contributed by atoms with Crippen molar-refractivity contribution >= 4 is 5.96 Å². The number of nitrogens with zero attached hydrogens (tertiary/aromatic N) is 3. The van der Waals surface area contributed by atoms with E-state index in [1.807, 2.05) is 7.05 Å². The molecule has 0 spiro atoms. The maximum absolute atomic E-state index is 4.37. The summed E-state index contributed by atoms with van der Waals surface area (Å²) in [5, 5.41) is 3.48. The molecule has 1 aromatic carbocycles. The van der Waals surface area contributed by atoms with Crippen LogP contribution in [0.3, 0.4) is 0 Å². The molecule has 0 saturated carbocycles. The lowest BCUT2D eigenvalue weighted by molar-refractivity contribution is 0.248. The lowest BCUT2D eigenvalue weighted by Gasteiger charge is -2.28. The first kappa shape index (κ1) is 18.5. The Balaban J connectivity index is 2.41. The van der Waals surface area contributed by atoms with Crippen LogP contribution < -0.4 is 5.32 Å². The van der Waals surface area contributed by atoms with Gasteiger partial charge in [-0.3, -0.25) is 9.89 Å². The van der Waals surface area contributed by atoms with Crippen LogP contribution in [0.1, 0.15) is 32.3 Å². The summed E-state index contributed by atoms with van der Waals surface area (Å²) in [5.74, 6) is 0.980. The molecule has 0 aliphatic heterocycles. The van der Waals surface area contributed by atoms with Crippen LogP contribution in [0.5, 0.6) is 0 Å². The van der Waals surface area contributed by atoms with Gasteiger partial charge in [-0.2, -0.15) is 0 Å². The second-order valence-corrected chi connectivity index (χ2v) is 5.95. The molecule has 0 aliphatic rings. The fourth-order valence-corrected chi connectivity index (χ4v) is 2.31. The molecule has 0 aliphatic carbocycles. The van der Waals surface area contributed by atoms with Crippen LogP contribution in [0.2, 0.25) is 0 Å². The van der Waals surface area contributed by atoms with Crippen molar-refractivity contribution in [1.29, 1.82) is 0 Å². The van der Waals surface area contributed by atoms with E-state index in [1.54, 1.807) is 0 Å². The van der Waals surface area contributed by atoms with Gasteiger partial charge in [0.05, 0.1) is 0 Å². The monoisotopic (exact) mass is 304 g/mol. The van der Waals surface area contributed by atoms with Crippen LogP contribution in [0, 0.1) is 0 Å². The molecule has 1 N–H and O–H groups in total. The van der Waals surface area contributed by atoms with Crippen molar-refractivity contribution in [2.24, 2.45) is 4.99 Å². The third kappa shape index (κ3) is 6.48. The molecule has 4 nitrogen and oxygen atoms in total. The first-order valence-corrected chi connectivity index (χ1v) is 8.24. The smallest absolute Gasteiger partial charge is 0.193 e. The van der Waals surface area contributed by atoms with Crippen LogP contribution in [0.25, 0.3) is 0 Å². The molecule has 124 valence electrons.